The van der Waals surface area contributed by atoms with Crippen LogP contribution >= 0.6 is 0 Å². The Labute approximate surface area is 476 Å². The van der Waals surface area contributed by atoms with E-state index in [2.05, 4.69) is 16.0 Å². The van der Waals surface area contributed by atoms with Crippen LogP contribution in [0.2, 0.25) is 0 Å². The van der Waals surface area contributed by atoms with Crippen LogP contribution in [0.3, 0.4) is 0 Å². The number of rotatable bonds is 16. The molecule has 0 unspecified atom stereocenters. The van der Waals surface area contributed by atoms with Crippen molar-refractivity contribution < 1.29 is 65.9 Å². The fourth-order valence-corrected chi connectivity index (χ4v) is 10.00. The van der Waals surface area contributed by atoms with Crippen molar-refractivity contribution in [3.8, 4) is 0 Å². The molecule has 1 aliphatic heterocycles. The second-order valence-corrected chi connectivity index (χ2v) is 23.3. The van der Waals surface area contributed by atoms with Crippen LogP contribution in [0.5, 0.6) is 0 Å². The van der Waals surface area contributed by atoms with Crippen LogP contribution in [-0.2, 0) is 64.2 Å². The number of benzene rings is 2. The van der Waals surface area contributed by atoms with Crippen LogP contribution in [0.4, 0.5) is 10.5 Å². The van der Waals surface area contributed by atoms with Gasteiger partial charge in [0.05, 0.1) is 23.0 Å². The number of ether oxygens (including phenoxy) is 3. The number of nitro groups is 1. The van der Waals surface area contributed by atoms with Gasteiger partial charge >= 0.3 is 18.0 Å². The highest BCUT2D eigenvalue weighted by atomic mass is 32.2. The number of carbonyl (C=O) groups excluding carboxylic acids is 8. The molecule has 3 rings (SSSR count). The summed E-state index contributed by atoms with van der Waals surface area (Å²) in [6.07, 6.45) is 1.14. The van der Waals surface area contributed by atoms with E-state index in [4.69, 9.17) is 14.2 Å². The van der Waals surface area contributed by atoms with Crippen molar-refractivity contribution in [2.24, 2.45) is 23.7 Å². The van der Waals surface area contributed by atoms with Crippen molar-refractivity contribution in [3.05, 3.63) is 93.6 Å². The summed E-state index contributed by atoms with van der Waals surface area (Å²) in [6, 6.07) is 8.57. The standard InChI is InChI=1S/C57H84N8O15S/c1-15-36(5)49-52(68)59-41(10)56(72)80-50(37(6)16-2)39(8)43(28-31-78-57(73)61(11)29-30-63(13)81(76,77)45-26-24-44(25-27-45)65(74)75)23-22-38(7)55(71)79-47(32-35(3)4)51(67)58-40(9)53(69)64(14)46(33-42-20-18-17-19-21-42)54(70)62(12)34-48(66)60-49/h16-22,24-27,35-36,39-41,43,46-47,49-50H,15,23,28-34H2,1-14H3,(H,58,67)(H,59,68)(H,60,66)/b37-16+,38-22+/t36-,39+,40+,41-,43-,46-,47-,49+,50-/m1/s1. The fraction of sp³-hybridized carbons (Fsp3) is 0.579. The lowest BCUT2D eigenvalue weighted by Gasteiger charge is -2.33. The Morgan fingerprint density at radius 1 is 0.889 bits per heavy atom. The summed E-state index contributed by atoms with van der Waals surface area (Å²) in [5, 5.41) is 19.2. The Balaban J connectivity index is 2.03. The van der Waals surface area contributed by atoms with Crippen LogP contribution in [0.15, 0.2) is 82.8 Å². The molecule has 2 aromatic carbocycles. The molecule has 1 aliphatic rings. The molecule has 0 bridgehead atoms. The number of likely N-dealkylation sites (N-methyl/N-ethyl adjacent to an activating group) is 4. The Kier molecular flexibility index (Phi) is 26.6. The smallest absolute Gasteiger partial charge is 0.409 e. The number of carbonyl (C=O) groups is 8. The van der Waals surface area contributed by atoms with Gasteiger partial charge in [-0.25, -0.2) is 22.8 Å². The van der Waals surface area contributed by atoms with Crippen LogP contribution < -0.4 is 16.0 Å². The van der Waals surface area contributed by atoms with E-state index in [1.54, 1.807) is 63.3 Å². The molecule has 0 aliphatic carbocycles. The number of esters is 2. The van der Waals surface area contributed by atoms with Crippen molar-refractivity contribution >= 4 is 63.3 Å². The minimum absolute atomic E-state index is 0.0423. The van der Waals surface area contributed by atoms with Gasteiger partial charge in [-0.2, -0.15) is 4.31 Å². The van der Waals surface area contributed by atoms with Crippen LogP contribution in [0.25, 0.3) is 0 Å². The van der Waals surface area contributed by atoms with Gasteiger partial charge in [-0.3, -0.25) is 34.1 Å². The van der Waals surface area contributed by atoms with Gasteiger partial charge < -0.3 is 44.9 Å². The minimum atomic E-state index is -4.08. The largest absolute Gasteiger partial charge is 0.456 e. The van der Waals surface area contributed by atoms with Gasteiger partial charge in [-0.1, -0.05) is 83.5 Å². The predicted molar refractivity (Wildman–Crippen MR) is 302 cm³/mol. The van der Waals surface area contributed by atoms with Crippen molar-refractivity contribution in [1.82, 2.24) is 35.0 Å². The predicted octanol–water partition coefficient (Wildman–Crippen LogP) is 5.18. The van der Waals surface area contributed by atoms with Crippen LogP contribution in [0.1, 0.15) is 100 Å². The first kappa shape index (κ1) is 68.1. The van der Waals surface area contributed by atoms with Crippen molar-refractivity contribution in [3.63, 3.8) is 0 Å². The summed E-state index contributed by atoms with van der Waals surface area (Å²) in [5.74, 6) is -6.66. The maximum Gasteiger partial charge on any atom is 0.409 e. The molecule has 6 amide bonds. The van der Waals surface area contributed by atoms with Crippen LogP contribution in [0, 0.1) is 33.8 Å². The third-order valence-electron chi connectivity index (χ3n) is 14.6. The lowest BCUT2D eigenvalue weighted by molar-refractivity contribution is -0.384. The van der Waals surface area contributed by atoms with Crippen molar-refractivity contribution in [2.45, 2.75) is 143 Å². The minimum Gasteiger partial charge on any atom is -0.456 e. The first-order valence-electron chi connectivity index (χ1n) is 27.2. The van der Waals surface area contributed by atoms with Crippen LogP contribution in [-0.4, -0.2) is 171 Å². The monoisotopic (exact) mass is 1150 g/mol. The first-order chi connectivity index (χ1) is 37.9. The molecule has 0 aromatic heterocycles. The van der Waals surface area contributed by atoms with E-state index in [1.165, 1.54) is 58.8 Å². The van der Waals surface area contributed by atoms with E-state index in [1.807, 2.05) is 27.7 Å². The number of sulfonamides is 1. The molecule has 0 fully saturated rings. The van der Waals surface area contributed by atoms with E-state index in [0.29, 0.717) is 17.6 Å². The number of cyclic esters (lactones) is 2. The average molecular weight is 1150 g/mol. The van der Waals surface area contributed by atoms with Gasteiger partial charge in [0.2, 0.25) is 33.7 Å². The van der Waals surface area contributed by atoms with Gasteiger partial charge in [0.15, 0.2) is 6.10 Å². The average Bonchev–Trinajstić information content (AvgIpc) is 3.43. The second-order valence-electron chi connectivity index (χ2n) is 21.3. The third kappa shape index (κ3) is 20.1. The molecule has 24 heteroatoms. The Morgan fingerprint density at radius 2 is 1.51 bits per heavy atom. The molecule has 0 saturated carbocycles. The van der Waals surface area contributed by atoms with Crippen molar-refractivity contribution in [2.75, 3.05) is 54.4 Å². The van der Waals surface area contributed by atoms with E-state index in [-0.39, 0.29) is 67.5 Å². The molecule has 23 nitrogen and oxygen atoms in total. The number of amides is 6. The van der Waals surface area contributed by atoms with Gasteiger partial charge in [-0.15, -0.1) is 0 Å². The molecule has 2 aromatic rings. The number of nitrogens with zero attached hydrogens (tertiary/aromatic N) is 5. The molecule has 0 spiro atoms. The second kappa shape index (κ2) is 31.7. The summed E-state index contributed by atoms with van der Waals surface area (Å²) in [4.78, 5) is 125. The van der Waals surface area contributed by atoms with Crippen molar-refractivity contribution in [1.29, 1.82) is 0 Å². The number of hydrogen-bond acceptors (Lipinski definition) is 15. The quantitative estimate of drug-likeness (QED) is 0.0642. The highest BCUT2D eigenvalue weighted by Gasteiger charge is 2.37. The highest BCUT2D eigenvalue weighted by molar-refractivity contribution is 7.89. The van der Waals surface area contributed by atoms with E-state index >= 15 is 0 Å². The van der Waals surface area contributed by atoms with Gasteiger partial charge in [0.25, 0.3) is 11.6 Å². The summed E-state index contributed by atoms with van der Waals surface area (Å²) in [7, 11) is 1.45. The summed E-state index contributed by atoms with van der Waals surface area (Å²) in [6.45, 7) is 16.0. The Hall–Kier alpha value is -7.21. The molecule has 81 heavy (non-hydrogen) atoms. The summed E-state index contributed by atoms with van der Waals surface area (Å²) >= 11 is 0. The normalized spacial score (nSPS) is 24.3. The zero-order valence-corrected chi connectivity index (χ0v) is 50.1. The lowest BCUT2D eigenvalue weighted by Crippen LogP contribution is -2.57. The third-order valence-corrected chi connectivity index (χ3v) is 16.4. The van der Waals surface area contributed by atoms with Gasteiger partial charge in [0.1, 0.15) is 30.3 Å². The van der Waals surface area contributed by atoms with E-state index in [9.17, 15) is 56.9 Å². The maximum absolute atomic E-state index is 14.3. The number of nitro benzene ring substituents is 1. The highest BCUT2D eigenvalue weighted by Crippen LogP contribution is 2.31. The molecule has 3 N–H and O–H groups in total. The topological polar surface area (TPSA) is 291 Å². The van der Waals surface area contributed by atoms with E-state index in [0.717, 1.165) is 33.5 Å². The lowest BCUT2D eigenvalue weighted by atomic mass is 9.81. The Bertz CT molecular complexity index is 2700. The van der Waals surface area contributed by atoms with Gasteiger partial charge in [-0.05, 0) is 94.9 Å². The molecule has 448 valence electrons. The Morgan fingerprint density at radius 3 is 2.09 bits per heavy atom. The zero-order valence-electron chi connectivity index (χ0n) is 49.3. The first-order valence-corrected chi connectivity index (χ1v) is 28.6. The number of hydrogen-bond donors (Lipinski definition) is 3. The fourth-order valence-electron chi connectivity index (χ4n) is 8.83. The molecular weight excluding hydrogens is 1070 g/mol. The number of non-ortho nitro benzene ring substituents is 1. The number of nitrogens with one attached hydrogen (secondary N) is 3. The molecule has 9 atom stereocenters. The molecule has 0 radical (unpaired) electrons. The zero-order chi connectivity index (χ0) is 61.1. The molecule has 1 heterocycles. The SMILES string of the molecule is C/C=C(\C)[C@H]1OC(=O)[C@@H](C)NC(=O)[C@H]([C@H](C)CC)NC(=O)CN(C)C(=O)[C@@H](Cc2ccccc2)N(C)C(=O)[C@H](C)NC(=O)[C@@H](CC(C)C)OC(=O)/C(C)=C/C[C@H](CCOC(=O)N(C)CCN(C)S(=O)(=O)c2ccc([N+](=O)[O-])cc2)[C@@H]1C. The maximum atomic E-state index is 14.3. The summed E-state index contributed by atoms with van der Waals surface area (Å²) < 4.78 is 45.1. The summed E-state index contributed by atoms with van der Waals surface area (Å²) in [5.41, 5.74) is 1.18. The van der Waals surface area contributed by atoms with Gasteiger partial charge in [0, 0.05) is 71.3 Å². The number of allylic oxidation sites excluding steroid dienone is 2. The molecular formula is C57H84N8O15S. The molecule has 0 saturated heterocycles. The van der Waals surface area contributed by atoms with E-state index < -0.39 is 123 Å².